The molecule has 1 heterocycles. The maximum absolute atomic E-state index is 13.3. The van der Waals surface area contributed by atoms with E-state index in [1.807, 2.05) is 48.5 Å². The van der Waals surface area contributed by atoms with Gasteiger partial charge in [-0.25, -0.2) is 0 Å². The fourth-order valence-corrected chi connectivity index (χ4v) is 3.84. The van der Waals surface area contributed by atoms with Crippen molar-refractivity contribution in [2.45, 2.75) is 38.3 Å². The van der Waals surface area contributed by atoms with E-state index in [1.165, 1.54) is 0 Å². The second-order valence-electron chi connectivity index (χ2n) is 6.87. The summed E-state index contributed by atoms with van der Waals surface area (Å²) in [6, 6.07) is 15.0. The minimum Gasteiger partial charge on any atom is -0.340 e. The summed E-state index contributed by atoms with van der Waals surface area (Å²) in [4.78, 5) is 15.7. The van der Waals surface area contributed by atoms with E-state index >= 15 is 0 Å². The van der Waals surface area contributed by atoms with Crippen molar-refractivity contribution in [3.05, 3.63) is 76.1 Å². The zero-order chi connectivity index (χ0) is 19.2. The highest BCUT2D eigenvalue weighted by atomic mass is 35.5. The third-order valence-corrected chi connectivity index (χ3v) is 5.55. The SMILES string of the molecule is CCC(NC(=O)C(c1ccc(Cl)cc1)c1ccc(Cl)cc1)N1CC[CH]CC1. The molecule has 3 rings (SSSR count). The van der Waals surface area contributed by atoms with Crippen molar-refractivity contribution < 1.29 is 4.79 Å². The Balaban J connectivity index is 1.85. The van der Waals surface area contributed by atoms with E-state index in [2.05, 4.69) is 23.6 Å². The molecule has 3 nitrogen and oxygen atoms in total. The first-order valence-electron chi connectivity index (χ1n) is 9.45. The molecule has 143 valence electrons. The van der Waals surface area contributed by atoms with E-state index in [0.717, 1.165) is 43.5 Å². The molecule has 1 aliphatic heterocycles. The van der Waals surface area contributed by atoms with Crippen LogP contribution in [0.5, 0.6) is 0 Å². The van der Waals surface area contributed by atoms with Crippen LogP contribution >= 0.6 is 23.2 Å². The molecule has 1 aliphatic rings. The van der Waals surface area contributed by atoms with Crippen molar-refractivity contribution in [1.82, 2.24) is 10.2 Å². The Morgan fingerprint density at radius 3 is 1.89 bits per heavy atom. The number of halogens is 2. The third kappa shape index (κ3) is 5.25. The molecular weight excluding hydrogens is 379 g/mol. The molecule has 1 unspecified atom stereocenters. The van der Waals surface area contributed by atoms with Crippen molar-refractivity contribution in [2.24, 2.45) is 0 Å². The number of carbonyl (C=O) groups excluding carboxylic acids is 1. The van der Waals surface area contributed by atoms with Gasteiger partial charge in [0.15, 0.2) is 0 Å². The number of hydrogen-bond acceptors (Lipinski definition) is 2. The predicted molar refractivity (Wildman–Crippen MR) is 112 cm³/mol. The molecular formula is C22H25Cl2N2O. The van der Waals surface area contributed by atoms with Crippen LogP contribution in [0, 0.1) is 6.42 Å². The topological polar surface area (TPSA) is 32.3 Å². The minimum atomic E-state index is -0.398. The first-order chi connectivity index (χ1) is 13.1. The van der Waals surface area contributed by atoms with Gasteiger partial charge >= 0.3 is 0 Å². The quantitative estimate of drug-likeness (QED) is 0.711. The molecule has 2 aromatic carbocycles. The highest BCUT2D eigenvalue weighted by Gasteiger charge is 2.27. The van der Waals surface area contributed by atoms with E-state index in [9.17, 15) is 4.79 Å². The number of piperidine rings is 1. The van der Waals surface area contributed by atoms with Gasteiger partial charge in [-0.05, 0) is 61.1 Å². The van der Waals surface area contributed by atoms with Crippen LogP contribution in [-0.2, 0) is 4.79 Å². The number of hydrogen-bond donors (Lipinski definition) is 1. The molecule has 5 heteroatoms. The summed E-state index contributed by atoms with van der Waals surface area (Å²) in [5.41, 5.74) is 1.84. The van der Waals surface area contributed by atoms with Gasteiger partial charge in [0, 0.05) is 23.1 Å². The van der Waals surface area contributed by atoms with Crippen molar-refractivity contribution >= 4 is 29.1 Å². The van der Waals surface area contributed by atoms with Crippen molar-refractivity contribution in [3.8, 4) is 0 Å². The van der Waals surface area contributed by atoms with Gasteiger partial charge in [0.2, 0.25) is 5.91 Å². The van der Waals surface area contributed by atoms with Gasteiger partial charge in [-0.1, -0.05) is 54.4 Å². The predicted octanol–water partition coefficient (Wildman–Crippen LogP) is 5.28. The Hall–Kier alpha value is -1.55. The molecule has 1 saturated heterocycles. The molecule has 27 heavy (non-hydrogen) atoms. The van der Waals surface area contributed by atoms with Crippen LogP contribution in [0.2, 0.25) is 10.0 Å². The van der Waals surface area contributed by atoms with Crippen molar-refractivity contribution in [2.75, 3.05) is 13.1 Å². The summed E-state index contributed by atoms with van der Waals surface area (Å²) in [6.07, 6.45) is 5.39. The van der Waals surface area contributed by atoms with Gasteiger partial charge < -0.3 is 5.32 Å². The fraction of sp³-hybridized carbons (Fsp3) is 0.364. The Morgan fingerprint density at radius 1 is 0.963 bits per heavy atom. The van der Waals surface area contributed by atoms with E-state index in [0.29, 0.717) is 10.0 Å². The van der Waals surface area contributed by atoms with Crippen LogP contribution in [0.4, 0.5) is 0 Å². The normalized spacial score (nSPS) is 16.3. The average Bonchev–Trinajstić information content (AvgIpc) is 2.70. The Bertz CT molecular complexity index is 694. The molecule has 1 amide bonds. The molecule has 0 bridgehead atoms. The standard InChI is InChI=1S/C22H25Cl2N2O/c1-2-20(26-14-4-3-5-15-26)25-22(27)21(16-6-10-18(23)11-7-16)17-8-12-19(24)13-9-17/h3,6-13,20-21H,2,4-5,14-15H2,1H3,(H,25,27). The molecule has 0 aromatic heterocycles. The minimum absolute atomic E-state index is 0.000970. The Morgan fingerprint density at radius 2 is 1.44 bits per heavy atom. The number of benzene rings is 2. The largest absolute Gasteiger partial charge is 0.340 e. The lowest BCUT2D eigenvalue weighted by Gasteiger charge is -2.35. The van der Waals surface area contributed by atoms with E-state index in [-0.39, 0.29) is 12.1 Å². The third-order valence-electron chi connectivity index (χ3n) is 5.05. The summed E-state index contributed by atoms with van der Waals surface area (Å²) in [5, 5.41) is 4.58. The van der Waals surface area contributed by atoms with Crippen LogP contribution in [0.15, 0.2) is 48.5 Å². The first-order valence-corrected chi connectivity index (χ1v) is 10.2. The number of nitrogens with zero attached hydrogens (tertiary/aromatic N) is 1. The highest BCUT2D eigenvalue weighted by Crippen LogP contribution is 2.28. The number of nitrogens with one attached hydrogen (secondary N) is 1. The van der Waals surface area contributed by atoms with Gasteiger partial charge in [-0.3, -0.25) is 9.69 Å². The molecule has 1 radical (unpaired) electrons. The number of carbonyl (C=O) groups is 1. The maximum atomic E-state index is 13.3. The van der Waals surface area contributed by atoms with Crippen LogP contribution in [-0.4, -0.2) is 30.1 Å². The van der Waals surface area contributed by atoms with Gasteiger partial charge in [0.25, 0.3) is 0 Å². The molecule has 0 aliphatic carbocycles. The van der Waals surface area contributed by atoms with Gasteiger partial charge in [-0.2, -0.15) is 0 Å². The lowest BCUT2D eigenvalue weighted by Crippen LogP contribution is -2.51. The summed E-state index contributed by atoms with van der Waals surface area (Å²) in [7, 11) is 0. The van der Waals surface area contributed by atoms with Gasteiger partial charge in [-0.15, -0.1) is 0 Å². The lowest BCUT2D eigenvalue weighted by atomic mass is 9.90. The monoisotopic (exact) mass is 403 g/mol. The number of amides is 1. The van der Waals surface area contributed by atoms with Gasteiger partial charge in [0.05, 0.1) is 12.1 Å². The van der Waals surface area contributed by atoms with E-state index in [4.69, 9.17) is 23.2 Å². The summed E-state index contributed by atoms with van der Waals surface area (Å²) >= 11 is 12.1. The second kappa shape index (κ2) is 9.59. The lowest BCUT2D eigenvalue weighted by molar-refractivity contribution is -0.123. The molecule has 2 aromatic rings. The molecule has 1 N–H and O–H groups in total. The van der Waals surface area contributed by atoms with Crippen LogP contribution in [0.1, 0.15) is 43.2 Å². The smallest absolute Gasteiger partial charge is 0.233 e. The second-order valence-corrected chi connectivity index (χ2v) is 7.74. The van der Waals surface area contributed by atoms with E-state index < -0.39 is 5.92 Å². The molecule has 1 atom stereocenters. The Labute approximate surface area is 171 Å². The maximum Gasteiger partial charge on any atom is 0.233 e. The van der Waals surface area contributed by atoms with Crippen LogP contribution in [0.3, 0.4) is 0 Å². The zero-order valence-electron chi connectivity index (χ0n) is 15.5. The van der Waals surface area contributed by atoms with Crippen LogP contribution in [0.25, 0.3) is 0 Å². The molecule has 0 spiro atoms. The fourth-order valence-electron chi connectivity index (χ4n) is 3.59. The summed E-state index contributed by atoms with van der Waals surface area (Å²) < 4.78 is 0. The highest BCUT2D eigenvalue weighted by molar-refractivity contribution is 6.30. The Kier molecular flexibility index (Phi) is 7.17. The van der Waals surface area contributed by atoms with Crippen molar-refractivity contribution in [1.29, 1.82) is 0 Å². The van der Waals surface area contributed by atoms with Crippen molar-refractivity contribution in [3.63, 3.8) is 0 Å². The number of likely N-dealkylation sites (tertiary alicyclic amines) is 1. The molecule has 0 saturated carbocycles. The first kappa shape index (κ1) is 20.2. The average molecular weight is 404 g/mol. The zero-order valence-corrected chi connectivity index (χ0v) is 17.0. The number of rotatable bonds is 6. The van der Waals surface area contributed by atoms with E-state index in [1.54, 1.807) is 0 Å². The summed E-state index contributed by atoms with van der Waals surface area (Å²) in [5.74, 6) is -0.397. The summed E-state index contributed by atoms with van der Waals surface area (Å²) in [6.45, 7) is 4.10. The van der Waals surface area contributed by atoms with Gasteiger partial charge in [0.1, 0.15) is 0 Å². The molecule has 1 fully saturated rings. The van der Waals surface area contributed by atoms with Crippen LogP contribution < -0.4 is 5.32 Å².